The predicted molar refractivity (Wildman–Crippen MR) is 54.6 cm³/mol. The Morgan fingerprint density at radius 3 is 2.50 bits per heavy atom. The molecule has 0 radical (unpaired) electrons. The highest BCUT2D eigenvalue weighted by Crippen LogP contribution is 2.32. The summed E-state index contributed by atoms with van der Waals surface area (Å²) in [5.41, 5.74) is -1.66. The van der Waals surface area contributed by atoms with Crippen molar-refractivity contribution in [1.82, 2.24) is 4.98 Å². The first-order valence-corrected chi connectivity index (χ1v) is 6.70. The lowest BCUT2D eigenvalue weighted by molar-refractivity contribution is 0.145. The van der Waals surface area contributed by atoms with Crippen LogP contribution < -0.4 is 0 Å². The second kappa shape index (κ2) is 4.61. The minimum absolute atomic E-state index is 0.136. The van der Waals surface area contributed by atoms with E-state index in [1.807, 2.05) is 0 Å². The summed E-state index contributed by atoms with van der Waals surface area (Å²) in [6.45, 7) is 0. The summed E-state index contributed by atoms with van der Waals surface area (Å²) in [6.07, 6.45) is -2.20. The van der Waals surface area contributed by atoms with Crippen molar-refractivity contribution in [3.05, 3.63) is 21.9 Å². The van der Waals surface area contributed by atoms with E-state index in [9.17, 15) is 17.2 Å². The summed E-state index contributed by atoms with van der Waals surface area (Å²) in [5, 5.41) is 8.67. The fourth-order valence-corrected chi connectivity index (χ4v) is 3.38. The van der Waals surface area contributed by atoms with Gasteiger partial charge in [0.05, 0.1) is 4.47 Å². The van der Waals surface area contributed by atoms with E-state index in [4.69, 9.17) is 15.9 Å². The number of hydrogen-bond acceptors (Lipinski definition) is 4. The normalized spacial score (nSPS) is 11.5. The van der Waals surface area contributed by atoms with E-state index in [1.165, 1.54) is 6.07 Å². The summed E-state index contributed by atoms with van der Waals surface area (Å²) in [5.74, 6) is 0. The third-order valence-electron chi connectivity index (χ3n) is 1.58. The summed E-state index contributed by atoms with van der Waals surface area (Å²) >= 11 is 2.78. The molecule has 0 spiro atoms. The Hall–Kier alpha value is -0.780. The van der Waals surface area contributed by atoms with Crippen molar-refractivity contribution >= 4 is 35.7 Å². The van der Waals surface area contributed by atoms with Gasteiger partial charge >= 0.3 is 0 Å². The number of alkyl halides is 2. The first-order valence-electron chi connectivity index (χ1n) is 3.60. The summed E-state index contributed by atoms with van der Waals surface area (Å²) in [6, 6.07) is 1.36. The van der Waals surface area contributed by atoms with Gasteiger partial charge in [0, 0.05) is 16.9 Å². The largest absolute Gasteiger partial charge is 0.281 e. The minimum Gasteiger partial charge on any atom is -0.253 e. The van der Waals surface area contributed by atoms with Crippen LogP contribution in [0, 0.1) is 11.3 Å². The van der Waals surface area contributed by atoms with Gasteiger partial charge in [-0.2, -0.15) is 5.26 Å². The molecule has 0 aliphatic carbocycles. The Bertz CT molecular complexity index is 570. The summed E-state index contributed by atoms with van der Waals surface area (Å²) in [4.78, 5) is 2.59. The van der Waals surface area contributed by atoms with E-state index in [1.54, 1.807) is 0 Å². The van der Waals surface area contributed by atoms with Gasteiger partial charge in [-0.1, -0.05) is 0 Å². The monoisotopic (exact) mass is 330 g/mol. The van der Waals surface area contributed by atoms with Crippen molar-refractivity contribution in [1.29, 1.82) is 5.26 Å². The zero-order valence-corrected chi connectivity index (χ0v) is 10.4. The van der Waals surface area contributed by atoms with Crippen molar-refractivity contribution in [2.24, 2.45) is 0 Å². The van der Waals surface area contributed by atoms with E-state index in [2.05, 4.69) is 20.9 Å². The van der Waals surface area contributed by atoms with Crippen LogP contribution in [0.3, 0.4) is 0 Å². The quantitative estimate of drug-likeness (QED) is 0.781. The fraction of sp³-hybridized carbons (Fsp3) is 0.143. The molecular formula is C7H2BrClF2N2O2S. The third-order valence-corrected chi connectivity index (χ3v) is 3.82. The molecule has 0 N–H and O–H groups in total. The van der Waals surface area contributed by atoms with Crippen molar-refractivity contribution in [3.63, 3.8) is 0 Å². The number of nitrogens with zero attached hydrogens (tertiary/aromatic N) is 2. The van der Waals surface area contributed by atoms with Crippen molar-refractivity contribution in [2.75, 3.05) is 0 Å². The molecule has 0 unspecified atom stereocenters. The SMILES string of the molecule is N#Cc1c(C(F)F)ncc(Br)c1S(=O)(=O)Cl. The van der Waals surface area contributed by atoms with Gasteiger partial charge in [-0.25, -0.2) is 17.2 Å². The highest BCUT2D eigenvalue weighted by atomic mass is 79.9. The van der Waals surface area contributed by atoms with Gasteiger partial charge in [-0.05, 0) is 15.9 Å². The first kappa shape index (κ1) is 13.3. The molecule has 0 atom stereocenters. The van der Waals surface area contributed by atoms with Gasteiger partial charge < -0.3 is 0 Å². The predicted octanol–water partition coefficient (Wildman–Crippen LogP) is 2.58. The molecule has 1 aromatic heterocycles. The Kier molecular flexibility index (Phi) is 3.83. The number of aromatic nitrogens is 1. The highest BCUT2D eigenvalue weighted by Gasteiger charge is 2.26. The van der Waals surface area contributed by atoms with Crippen LogP contribution in [-0.4, -0.2) is 13.4 Å². The molecule has 0 aromatic carbocycles. The smallest absolute Gasteiger partial charge is 0.253 e. The highest BCUT2D eigenvalue weighted by molar-refractivity contribution is 9.10. The van der Waals surface area contributed by atoms with Gasteiger partial charge in [0.15, 0.2) is 0 Å². The maximum atomic E-state index is 12.4. The second-order valence-electron chi connectivity index (χ2n) is 2.55. The van der Waals surface area contributed by atoms with Crippen LogP contribution >= 0.6 is 26.6 Å². The Labute approximate surface area is 102 Å². The van der Waals surface area contributed by atoms with E-state index >= 15 is 0 Å². The third kappa shape index (κ3) is 2.48. The number of nitriles is 1. The number of halogens is 4. The molecule has 0 aliphatic heterocycles. The van der Waals surface area contributed by atoms with Crippen molar-refractivity contribution < 1.29 is 17.2 Å². The van der Waals surface area contributed by atoms with E-state index in [-0.39, 0.29) is 4.47 Å². The first-order chi connectivity index (χ1) is 7.29. The molecule has 1 heterocycles. The molecule has 0 fully saturated rings. The average Bonchev–Trinajstić information content (AvgIpc) is 2.14. The van der Waals surface area contributed by atoms with Gasteiger partial charge in [-0.15, -0.1) is 0 Å². The lowest BCUT2D eigenvalue weighted by Crippen LogP contribution is -2.04. The van der Waals surface area contributed by atoms with E-state index in [0.29, 0.717) is 0 Å². The molecule has 0 saturated carbocycles. The molecule has 9 heteroatoms. The van der Waals surface area contributed by atoms with Crippen LogP contribution in [0.25, 0.3) is 0 Å². The van der Waals surface area contributed by atoms with Crippen LogP contribution in [0.5, 0.6) is 0 Å². The average molecular weight is 332 g/mol. The van der Waals surface area contributed by atoms with E-state index in [0.717, 1.165) is 6.20 Å². The minimum atomic E-state index is -4.30. The summed E-state index contributed by atoms with van der Waals surface area (Å²) in [7, 11) is 0.740. The zero-order chi connectivity index (χ0) is 12.5. The van der Waals surface area contributed by atoms with Gasteiger partial charge in [0.25, 0.3) is 15.5 Å². The molecule has 4 nitrogen and oxygen atoms in total. The van der Waals surface area contributed by atoms with Crippen LogP contribution in [-0.2, 0) is 9.05 Å². The Morgan fingerprint density at radius 1 is 1.56 bits per heavy atom. The van der Waals surface area contributed by atoms with Crippen LogP contribution in [0.2, 0.25) is 0 Å². The van der Waals surface area contributed by atoms with Crippen LogP contribution in [0.15, 0.2) is 15.6 Å². The van der Waals surface area contributed by atoms with Gasteiger partial charge in [0.1, 0.15) is 22.2 Å². The van der Waals surface area contributed by atoms with Crippen LogP contribution in [0.1, 0.15) is 17.7 Å². The molecule has 0 saturated heterocycles. The zero-order valence-electron chi connectivity index (χ0n) is 7.29. The topological polar surface area (TPSA) is 70.8 Å². The lowest BCUT2D eigenvalue weighted by atomic mass is 10.2. The molecule has 16 heavy (non-hydrogen) atoms. The van der Waals surface area contributed by atoms with Gasteiger partial charge in [-0.3, -0.25) is 4.98 Å². The van der Waals surface area contributed by atoms with Crippen LogP contribution in [0.4, 0.5) is 8.78 Å². The molecule has 0 bridgehead atoms. The molecule has 86 valence electrons. The molecular weight excluding hydrogens is 330 g/mol. The fourth-order valence-electron chi connectivity index (χ4n) is 0.997. The maximum absolute atomic E-state index is 12.4. The molecule has 0 amide bonds. The standard InChI is InChI=1S/C7H2BrClF2N2O2S/c8-4-2-13-5(7(10)11)3(1-12)6(4)16(9,14)15/h2,7H. The Balaban J connectivity index is 3.74. The molecule has 1 aromatic rings. The maximum Gasteiger partial charge on any atom is 0.281 e. The number of pyridine rings is 1. The lowest BCUT2D eigenvalue weighted by Gasteiger charge is -2.07. The number of hydrogen-bond donors (Lipinski definition) is 0. The molecule has 1 rings (SSSR count). The molecule has 0 aliphatic rings. The summed E-state index contributed by atoms with van der Waals surface area (Å²) < 4.78 is 47.0. The van der Waals surface area contributed by atoms with Crippen molar-refractivity contribution in [2.45, 2.75) is 11.3 Å². The van der Waals surface area contributed by atoms with Crippen molar-refractivity contribution in [3.8, 4) is 6.07 Å². The number of rotatable bonds is 2. The van der Waals surface area contributed by atoms with Gasteiger partial charge in [0.2, 0.25) is 0 Å². The second-order valence-corrected chi connectivity index (χ2v) is 5.90. The Morgan fingerprint density at radius 2 is 2.12 bits per heavy atom. The van der Waals surface area contributed by atoms with E-state index < -0.39 is 31.6 Å².